The van der Waals surface area contributed by atoms with Crippen LogP contribution in [0.1, 0.15) is 57.2 Å². The van der Waals surface area contributed by atoms with E-state index in [4.69, 9.17) is 4.98 Å². The first kappa shape index (κ1) is 18.7. The first-order chi connectivity index (χ1) is 13.2. The van der Waals surface area contributed by atoms with Crippen molar-refractivity contribution in [2.45, 2.75) is 52.9 Å². The minimum absolute atomic E-state index is 0.0757. The first-order valence-electron chi connectivity index (χ1n) is 10.2. The smallest absolute Gasteiger partial charge is 0.0715 e. The van der Waals surface area contributed by atoms with Gasteiger partial charge in [0.05, 0.1) is 11.2 Å². The molecule has 0 bridgehead atoms. The molecule has 1 nitrogen and oxygen atoms in total. The maximum absolute atomic E-state index is 5.08. The minimum atomic E-state index is 0.0757. The van der Waals surface area contributed by atoms with Crippen molar-refractivity contribution in [3.8, 4) is 11.3 Å². The molecule has 0 radical (unpaired) electrons. The van der Waals surface area contributed by atoms with Crippen molar-refractivity contribution in [3.63, 3.8) is 0 Å². The summed E-state index contributed by atoms with van der Waals surface area (Å²) in [6, 6.07) is 22.2. The third-order valence-corrected chi connectivity index (χ3v) is 5.67. The van der Waals surface area contributed by atoms with E-state index in [2.05, 4.69) is 102 Å². The Labute approximate surface area is 168 Å². The van der Waals surface area contributed by atoms with E-state index in [1.807, 2.05) is 0 Å². The molecule has 142 valence electrons. The van der Waals surface area contributed by atoms with Gasteiger partial charge in [-0.2, -0.15) is 0 Å². The Morgan fingerprint density at radius 1 is 0.821 bits per heavy atom. The van der Waals surface area contributed by atoms with E-state index in [1.165, 1.54) is 38.4 Å². The second-order valence-corrected chi connectivity index (χ2v) is 9.25. The first-order valence-corrected chi connectivity index (χ1v) is 10.2. The van der Waals surface area contributed by atoms with Crippen molar-refractivity contribution < 1.29 is 0 Å². The van der Waals surface area contributed by atoms with E-state index < -0.39 is 0 Å². The Morgan fingerprint density at radius 2 is 1.57 bits per heavy atom. The van der Waals surface area contributed by atoms with Crippen molar-refractivity contribution in [1.29, 1.82) is 0 Å². The Balaban J connectivity index is 1.98. The number of aryl methyl sites for hydroxylation is 1. The molecule has 28 heavy (non-hydrogen) atoms. The van der Waals surface area contributed by atoms with Gasteiger partial charge < -0.3 is 0 Å². The van der Waals surface area contributed by atoms with E-state index in [1.54, 1.807) is 0 Å². The highest BCUT2D eigenvalue weighted by molar-refractivity contribution is 5.92. The molecular formula is C27H29N. The molecule has 1 heterocycles. The highest BCUT2D eigenvalue weighted by atomic mass is 14.7. The van der Waals surface area contributed by atoms with Crippen LogP contribution in [0.4, 0.5) is 0 Å². The predicted octanol–water partition coefficient (Wildman–Crippen LogP) is 7.78. The number of pyridine rings is 1. The summed E-state index contributed by atoms with van der Waals surface area (Å²) in [5.74, 6) is 0.503. The van der Waals surface area contributed by atoms with Gasteiger partial charge in [-0.3, -0.25) is 0 Å². The lowest BCUT2D eigenvalue weighted by molar-refractivity contribution is 0.596. The van der Waals surface area contributed by atoms with Gasteiger partial charge in [0, 0.05) is 10.9 Å². The van der Waals surface area contributed by atoms with Crippen LogP contribution >= 0.6 is 0 Å². The molecule has 0 saturated carbocycles. The summed E-state index contributed by atoms with van der Waals surface area (Å²) in [4.78, 5) is 5.08. The van der Waals surface area contributed by atoms with E-state index in [0.29, 0.717) is 5.92 Å². The molecule has 0 aliphatic carbocycles. The van der Waals surface area contributed by atoms with Gasteiger partial charge in [0.15, 0.2) is 0 Å². The van der Waals surface area contributed by atoms with Crippen LogP contribution in [0.2, 0.25) is 0 Å². The Hall–Kier alpha value is -2.67. The standard InChI is InChI=1S/C27H29N/c1-17(2)19-11-12-22-18(3)13-25(28-26(22)16-19)21-14-20-9-7-8-10-23(20)24(15-21)27(4,5)6/h7-17H,1-6H3. The number of hydrogen-bond acceptors (Lipinski definition) is 1. The molecule has 4 rings (SSSR count). The quantitative estimate of drug-likeness (QED) is 0.352. The highest BCUT2D eigenvalue weighted by Gasteiger charge is 2.19. The van der Waals surface area contributed by atoms with Crippen LogP contribution in [0.15, 0.2) is 60.7 Å². The normalized spacial score (nSPS) is 12.2. The van der Waals surface area contributed by atoms with Crippen LogP contribution in [-0.2, 0) is 5.41 Å². The second-order valence-electron chi connectivity index (χ2n) is 9.25. The average Bonchev–Trinajstić information content (AvgIpc) is 2.65. The molecule has 1 aromatic heterocycles. The van der Waals surface area contributed by atoms with Crippen LogP contribution in [-0.4, -0.2) is 4.98 Å². The van der Waals surface area contributed by atoms with Crippen LogP contribution in [0.25, 0.3) is 32.9 Å². The van der Waals surface area contributed by atoms with Crippen molar-refractivity contribution in [2.75, 3.05) is 0 Å². The zero-order valence-electron chi connectivity index (χ0n) is 17.8. The fourth-order valence-electron chi connectivity index (χ4n) is 4.01. The molecule has 0 aliphatic rings. The summed E-state index contributed by atoms with van der Waals surface area (Å²) in [5, 5.41) is 3.85. The molecule has 4 aromatic rings. The van der Waals surface area contributed by atoms with Gasteiger partial charge in [-0.05, 0) is 70.0 Å². The van der Waals surface area contributed by atoms with Gasteiger partial charge in [0.1, 0.15) is 0 Å². The predicted molar refractivity (Wildman–Crippen MR) is 122 cm³/mol. The van der Waals surface area contributed by atoms with Crippen molar-refractivity contribution >= 4 is 21.7 Å². The van der Waals surface area contributed by atoms with Gasteiger partial charge in [-0.1, -0.05) is 71.0 Å². The molecule has 1 heteroatoms. The third-order valence-electron chi connectivity index (χ3n) is 5.67. The van der Waals surface area contributed by atoms with E-state index in [0.717, 1.165) is 11.2 Å². The van der Waals surface area contributed by atoms with Gasteiger partial charge in [-0.25, -0.2) is 4.98 Å². The molecule has 0 unspecified atom stereocenters. The molecule has 3 aromatic carbocycles. The van der Waals surface area contributed by atoms with Crippen LogP contribution in [0.3, 0.4) is 0 Å². The number of nitrogens with zero attached hydrogens (tertiary/aromatic N) is 1. The molecule has 0 fully saturated rings. The second kappa shape index (κ2) is 6.74. The number of hydrogen-bond donors (Lipinski definition) is 0. The third kappa shape index (κ3) is 3.30. The molecule has 0 amide bonds. The maximum Gasteiger partial charge on any atom is 0.0715 e. The van der Waals surface area contributed by atoms with Gasteiger partial charge in [0.25, 0.3) is 0 Å². The number of benzene rings is 3. The summed E-state index contributed by atoms with van der Waals surface area (Å²) >= 11 is 0. The largest absolute Gasteiger partial charge is 0.248 e. The van der Waals surface area contributed by atoms with E-state index in [-0.39, 0.29) is 5.41 Å². The van der Waals surface area contributed by atoms with Crippen LogP contribution < -0.4 is 0 Å². The van der Waals surface area contributed by atoms with Crippen molar-refractivity contribution in [1.82, 2.24) is 4.98 Å². The summed E-state index contributed by atoms with van der Waals surface area (Å²) in [6.07, 6.45) is 0. The SMILES string of the molecule is Cc1cc(-c2cc(C(C)(C)C)c3ccccc3c2)nc2cc(C(C)C)ccc12. The average molecular weight is 368 g/mol. The van der Waals surface area contributed by atoms with Gasteiger partial charge >= 0.3 is 0 Å². The molecule has 0 N–H and O–H groups in total. The zero-order valence-corrected chi connectivity index (χ0v) is 17.8. The Bertz CT molecular complexity index is 1180. The monoisotopic (exact) mass is 367 g/mol. The van der Waals surface area contributed by atoms with E-state index in [9.17, 15) is 0 Å². The minimum Gasteiger partial charge on any atom is -0.248 e. The zero-order chi connectivity index (χ0) is 20.1. The topological polar surface area (TPSA) is 12.9 Å². The lowest BCUT2D eigenvalue weighted by Crippen LogP contribution is -2.12. The number of fused-ring (bicyclic) bond motifs is 2. The summed E-state index contributed by atoms with van der Waals surface area (Å²) in [5.41, 5.74) is 7.41. The van der Waals surface area contributed by atoms with E-state index >= 15 is 0 Å². The van der Waals surface area contributed by atoms with Crippen molar-refractivity contribution in [3.05, 3.63) is 77.4 Å². The lowest BCUT2D eigenvalue weighted by Gasteiger charge is -2.23. The molecule has 0 saturated heterocycles. The van der Waals surface area contributed by atoms with Crippen LogP contribution in [0.5, 0.6) is 0 Å². The molecular weight excluding hydrogens is 338 g/mol. The highest BCUT2D eigenvalue weighted by Crippen LogP contribution is 2.35. The Morgan fingerprint density at radius 3 is 2.29 bits per heavy atom. The maximum atomic E-state index is 5.08. The fraction of sp³-hybridized carbons (Fsp3) is 0.296. The van der Waals surface area contributed by atoms with Gasteiger partial charge in [0.2, 0.25) is 0 Å². The van der Waals surface area contributed by atoms with Gasteiger partial charge in [-0.15, -0.1) is 0 Å². The fourth-order valence-corrected chi connectivity index (χ4v) is 4.01. The summed E-state index contributed by atoms with van der Waals surface area (Å²) < 4.78 is 0. The summed E-state index contributed by atoms with van der Waals surface area (Å²) in [7, 11) is 0. The number of aromatic nitrogens is 1. The molecule has 0 spiro atoms. The molecule has 0 atom stereocenters. The van der Waals surface area contributed by atoms with Crippen molar-refractivity contribution in [2.24, 2.45) is 0 Å². The summed E-state index contributed by atoms with van der Waals surface area (Å²) in [6.45, 7) is 13.5. The number of rotatable bonds is 2. The lowest BCUT2D eigenvalue weighted by atomic mass is 9.82. The van der Waals surface area contributed by atoms with Crippen LogP contribution in [0, 0.1) is 6.92 Å². The Kier molecular flexibility index (Phi) is 4.50. The molecule has 0 aliphatic heterocycles.